The van der Waals surface area contributed by atoms with E-state index in [-0.39, 0.29) is 12.6 Å². The molecule has 1 aliphatic rings. The smallest absolute Gasteiger partial charge is 0.279 e. The molecular weight excluding hydrogens is 248 g/mol. The molecule has 0 aromatic heterocycles. The molecule has 1 heterocycles. The predicted octanol–water partition coefficient (Wildman–Crippen LogP) is 0.0306. The molecule has 1 fully saturated rings. The van der Waals surface area contributed by atoms with Crippen LogP contribution in [0, 0.1) is 0 Å². The Hall–Kier alpha value is 0.180. The highest BCUT2D eigenvalue weighted by molar-refractivity contribution is 7.99. The van der Waals surface area contributed by atoms with Crippen molar-refractivity contribution in [1.82, 2.24) is 9.03 Å². The second-order valence-electron chi connectivity index (χ2n) is 3.94. The van der Waals surface area contributed by atoms with Crippen LogP contribution >= 0.6 is 11.8 Å². The molecule has 0 aromatic rings. The van der Waals surface area contributed by atoms with Gasteiger partial charge in [0.15, 0.2) is 0 Å². The zero-order chi connectivity index (χ0) is 12.0. The monoisotopic (exact) mass is 268 g/mol. The number of nitrogens with zero attached hydrogens (tertiary/aromatic N) is 1. The second kappa shape index (κ2) is 6.80. The summed E-state index contributed by atoms with van der Waals surface area (Å²) in [4.78, 5) is 0. The maximum absolute atomic E-state index is 11.8. The lowest BCUT2D eigenvalue weighted by Crippen LogP contribution is -2.45. The number of hydrogen-bond donors (Lipinski definition) is 2. The molecule has 1 rings (SSSR count). The fraction of sp³-hybridized carbons (Fsp3) is 1.00. The van der Waals surface area contributed by atoms with E-state index in [0.29, 0.717) is 13.0 Å². The normalized spacial score (nSPS) is 22.6. The number of aliphatic hydroxyl groups is 1. The first-order valence-electron chi connectivity index (χ1n) is 5.48. The van der Waals surface area contributed by atoms with E-state index in [1.165, 1.54) is 11.4 Å². The third kappa shape index (κ3) is 4.58. The van der Waals surface area contributed by atoms with Gasteiger partial charge in [0, 0.05) is 32.0 Å². The van der Waals surface area contributed by atoms with Crippen LogP contribution in [0.5, 0.6) is 0 Å². The van der Waals surface area contributed by atoms with Crippen molar-refractivity contribution in [2.24, 2.45) is 0 Å². The minimum Gasteiger partial charge on any atom is -0.396 e. The first-order valence-corrected chi connectivity index (χ1v) is 8.08. The maximum atomic E-state index is 11.8. The van der Waals surface area contributed by atoms with Crippen molar-refractivity contribution in [1.29, 1.82) is 0 Å². The molecule has 1 unspecified atom stereocenters. The van der Waals surface area contributed by atoms with Crippen LogP contribution in [-0.4, -0.2) is 55.6 Å². The van der Waals surface area contributed by atoms with Gasteiger partial charge in [-0.15, -0.1) is 0 Å². The van der Waals surface area contributed by atoms with Gasteiger partial charge in [-0.25, -0.2) is 0 Å². The van der Waals surface area contributed by atoms with Crippen LogP contribution in [0.15, 0.2) is 0 Å². The molecule has 5 nitrogen and oxygen atoms in total. The van der Waals surface area contributed by atoms with Crippen LogP contribution in [0.4, 0.5) is 0 Å². The summed E-state index contributed by atoms with van der Waals surface area (Å²) in [5.41, 5.74) is 0. The van der Waals surface area contributed by atoms with E-state index < -0.39 is 10.2 Å². The van der Waals surface area contributed by atoms with Gasteiger partial charge in [-0.2, -0.15) is 29.2 Å². The molecular formula is C9H20N2O3S2. The summed E-state index contributed by atoms with van der Waals surface area (Å²) in [6, 6.07) is 0.0559. The lowest BCUT2D eigenvalue weighted by molar-refractivity contribution is 0.275. The van der Waals surface area contributed by atoms with E-state index in [1.54, 1.807) is 11.8 Å². The molecule has 0 aliphatic carbocycles. The minimum absolute atomic E-state index is 0.0130. The Bertz CT molecular complexity index is 289. The largest absolute Gasteiger partial charge is 0.396 e. The fourth-order valence-corrected chi connectivity index (χ4v) is 3.90. The summed E-state index contributed by atoms with van der Waals surface area (Å²) in [6.45, 7) is 0.366. The Kier molecular flexibility index (Phi) is 6.06. The number of hydrogen-bond acceptors (Lipinski definition) is 4. The zero-order valence-electron chi connectivity index (χ0n) is 9.55. The SMILES string of the molecule is CN(CCCO)S(=O)(=O)NC1CCCSC1. The molecule has 0 amide bonds. The van der Waals surface area contributed by atoms with Gasteiger partial charge in [0.05, 0.1) is 0 Å². The van der Waals surface area contributed by atoms with Gasteiger partial charge in [0.2, 0.25) is 0 Å². The molecule has 0 saturated carbocycles. The number of rotatable bonds is 6. The first-order chi connectivity index (χ1) is 7.56. The lowest BCUT2D eigenvalue weighted by atomic mass is 10.2. The Morgan fingerprint density at radius 2 is 2.31 bits per heavy atom. The summed E-state index contributed by atoms with van der Waals surface area (Å²) >= 11 is 1.79. The standard InChI is InChI=1S/C9H20N2O3S2/c1-11(5-3-6-12)16(13,14)10-9-4-2-7-15-8-9/h9-10,12H,2-8H2,1H3. The summed E-state index contributed by atoms with van der Waals surface area (Å²) in [7, 11) is -1.84. The van der Waals surface area contributed by atoms with E-state index in [2.05, 4.69) is 4.72 Å². The maximum Gasteiger partial charge on any atom is 0.279 e. The number of thioether (sulfide) groups is 1. The summed E-state index contributed by atoms with van der Waals surface area (Å²) in [5, 5.41) is 8.66. The van der Waals surface area contributed by atoms with Crippen molar-refractivity contribution in [2.45, 2.75) is 25.3 Å². The van der Waals surface area contributed by atoms with Gasteiger partial charge < -0.3 is 5.11 Å². The van der Waals surface area contributed by atoms with Crippen LogP contribution in [0.3, 0.4) is 0 Å². The van der Waals surface area contributed by atoms with Crippen LogP contribution in [0.1, 0.15) is 19.3 Å². The van der Waals surface area contributed by atoms with Gasteiger partial charge >= 0.3 is 0 Å². The Balaban J connectivity index is 2.42. The molecule has 0 radical (unpaired) electrons. The predicted molar refractivity (Wildman–Crippen MR) is 66.7 cm³/mol. The third-order valence-corrected chi connectivity index (χ3v) is 5.37. The first kappa shape index (κ1) is 14.2. The van der Waals surface area contributed by atoms with Gasteiger partial charge in [-0.3, -0.25) is 0 Å². The fourth-order valence-electron chi connectivity index (χ4n) is 1.55. The van der Waals surface area contributed by atoms with Crippen LogP contribution in [0.2, 0.25) is 0 Å². The third-order valence-electron chi connectivity index (χ3n) is 2.52. The van der Waals surface area contributed by atoms with Crippen LogP contribution in [0.25, 0.3) is 0 Å². The van der Waals surface area contributed by atoms with Gasteiger partial charge in [-0.1, -0.05) is 0 Å². The van der Waals surface area contributed by atoms with Crippen LogP contribution in [-0.2, 0) is 10.2 Å². The highest BCUT2D eigenvalue weighted by Crippen LogP contribution is 2.17. The van der Waals surface area contributed by atoms with Gasteiger partial charge in [-0.05, 0) is 25.0 Å². The van der Waals surface area contributed by atoms with E-state index in [9.17, 15) is 8.42 Å². The molecule has 1 saturated heterocycles. The van der Waals surface area contributed by atoms with E-state index in [0.717, 1.165) is 24.3 Å². The summed E-state index contributed by atoms with van der Waals surface area (Å²) in [5.74, 6) is 1.98. The molecule has 0 aromatic carbocycles. The van der Waals surface area contributed by atoms with E-state index in [1.807, 2.05) is 0 Å². The molecule has 1 atom stereocenters. The highest BCUT2D eigenvalue weighted by Gasteiger charge is 2.23. The average Bonchev–Trinajstić information content (AvgIpc) is 2.26. The summed E-state index contributed by atoms with van der Waals surface area (Å²) in [6.07, 6.45) is 2.45. The Morgan fingerprint density at radius 3 is 2.88 bits per heavy atom. The van der Waals surface area contributed by atoms with E-state index in [4.69, 9.17) is 5.11 Å². The molecule has 96 valence electrons. The Morgan fingerprint density at radius 1 is 1.56 bits per heavy atom. The molecule has 2 N–H and O–H groups in total. The molecule has 0 spiro atoms. The van der Waals surface area contributed by atoms with Crippen molar-refractivity contribution in [3.05, 3.63) is 0 Å². The van der Waals surface area contributed by atoms with Crippen molar-refractivity contribution >= 4 is 22.0 Å². The number of nitrogens with one attached hydrogen (secondary N) is 1. The van der Waals surface area contributed by atoms with Crippen molar-refractivity contribution in [3.8, 4) is 0 Å². The quantitative estimate of drug-likeness (QED) is 0.713. The number of aliphatic hydroxyl groups excluding tert-OH is 1. The van der Waals surface area contributed by atoms with Crippen molar-refractivity contribution < 1.29 is 13.5 Å². The lowest BCUT2D eigenvalue weighted by Gasteiger charge is -2.25. The molecule has 16 heavy (non-hydrogen) atoms. The zero-order valence-corrected chi connectivity index (χ0v) is 11.2. The van der Waals surface area contributed by atoms with E-state index >= 15 is 0 Å². The Labute approximate surface area is 102 Å². The average molecular weight is 268 g/mol. The topological polar surface area (TPSA) is 69.6 Å². The van der Waals surface area contributed by atoms with Crippen molar-refractivity contribution in [3.63, 3.8) is 0 Å². The molecule has 7 heteroatoms. The highest BCUT2D eigenvalue weighted by atomic mass is 32.2. The van der Waals surface area contributed by atoms with Gasteiger partial charge in [0.25, 0.3) is 10.2 Å². The minimum atomic E-state index is -3.37. The molecule has 0 bridgehead atoms. The van der Waals surface area contributed by atoms with Gasteiger partial charge in [0.1, 0.15) is 0 Å². The molecule has 1 aliphatic heterocycles. The van der Waals surface area contributed by atoms with Crippen molar-refractivity contribution in [2.75, 3.05) is 31.7 Å². The summed E-state index contributed by atoms with van der Waals surface area (Å²) < 4.78 is 27.6. The second-order valence-corrected chi connectivity index (χ2v) is 6.89. The van der Waals surface area contributed by atoms with Crippen LogP contribution < -0.4 is 4.72 Å².